The maximum absolute atomic E-state index is 11.6. The van der Waals surface area contributed by atoms with Gasteiger partial charge in [0.2, 0.25) is 0 Å². The van der Waals surface area contributed by atoms with Gasteiger partial charge in [-0.15, -0.1) is 0 Å². The number of ketones is 1. The lowest BCUT2D eigenvalue weighted by molar-refractivity contribution is 0.101. The molecule has 1 aromatic rings. The Bertz CT molecular complexity index is 415. The summed E-state index contributed by atoms with van der Waals surface area (Å²) in [4.78, 5) is 10.6. The fraction of sp³-hybridized carbons (Fsp3) is 0.417. The van der Waals surface area contributed by atoms with E-state index >= 15 is 0 Å². The number of carbonyl (C=O) groups excluding carboxylic acids is 1. The molecule has 0 N–H and O–H groups in total. The lowest BCUT2D eigenvalue weighted by Gasteiger charge is -2.23. The van der Waals surface area contributed by atoms with Gasteiger partial charge in [0.1, 0.15) is 5.75 Å². The fourth-order valence-corrected chi connectivity index (χ4v) is 2.10. The zero-order chi connectivity index (χ0) is 11.7. The predicted molar refractivity (Wildman–Crippen MR) is 64.8 cm³/mol. The number of ether oxygens (including phenoxy) is 1. The number of alkyl halides is 2. The first-order valence-electron chi connectivity index (χ1n) is 5.18. The van der Waals surface area contributed by atoms with Crippen molar-refractivity contribution in [1.82, 2.24) is 0 Å². The summed E-state index contributed by atoms with van der Waals surface area (Å²) in [7, 11) is 0. The molecule has 0 aromatic heterocycles. The van der Waals surface area contributed by atoms with Crippen LogP contribution in [0.3, 0.4) is 0 Å². The van der Waals surface area contributed by atoms with Gasteiger partial charge in [-0.25, -0.2) is 0 Å². The van der Waals surface area contributed by atoms with E-state index in [1.54, 1.807) is 6.07 Å². The molecule has 0 radical (unpaired) electrons. The van der Waals surface area contributed by atoms with Crippen molar-refractivity contribution in [3.05, 3.63) is 29.3 Å². The first-order chi connectivity index (χ1) is 7.59. The monoisotopic (exact) mass is 258 g/mol. The van der Waals surface area contributed by atoms with Gasteiger partial charge in [0, 0.05) is 5.56 Å². The summed E-state index contributed by atoms with van der Waals surface area (Å²) in [6.07, 6.45) is 0.968. The van der Waals surface area contributed by atoms with Crippen LogP contribution in [0.4, 0.5) is 0 Å². The number of fused-ring (bicyclic) bond motifs is 1. The number of Topliss-reactive ketones (excluding diaryl/α,β-unsaturated/α-hetero) is 1. The van der Waals surface area contributed by atoms with Crippen LogP contribution in [-0.2, 0) is 0 Å². The maximum atomic E-state index is 11.6. The van der Waals surface area contributed by atoms with Gasteiger partial charge in [-0.1, -0.05) is 30.1 Å². The molecule has 16 heavy (non-hydrogen) atoms. The molecule has 1 unspecified atom stereocenters. The molecule has 0 saturated heterocycles. The fourth-order valence-electron chi connectivity index (χ4n) is 1.85. The quantitative estimate of drug-likeness (QED) is 0.599. The second-order valence-corrected chi connectivity index (χ2v) is 5.05. The van der Waals surface area contributed by atoms with Crippen molar-refractivity contribution in [2.45, 2.75) is 24.1 Å². The van der Waals surface area contributed by atoms with Gasteiger partial charge in [0.25, 0.3) is 0 Å². The molecule has 1 aliphatic heterocycles. The summed E-state index contributed by atoms with van der Waals surface area (Å²) in [5.74, 6) is 1.00. The molecule has 0 fully saturated rings. The zero-order valence-corrected chi connectivity index (χ0v) is 10.4. The molecule has 1 atom stereocenters. The smallest absolute Gasteiger partial charge is 0.195 e. The second kappa shape index (κ2) is 4.64. The molecule has 1 aliphatic rings. The van der Waals surface area contributed by atoms with E-state index < -0.39 is 4.84 Å². The number of hydrogen-bond donors (Lipinski definition) is 0. The summed E-state index contributed by atoms with van der Waals surface area (Å²) in [6, 6.07) is 5.35. The third-order valence-corrected chi connectivity index (χ3v) is 3.23. The predicted octanol–water partition coefficient (Wildman–Crippen LogP) is 3.56. The van der Waals surface area contributed by atoms with Crippen molar-refractivity contribution in [3.63, 3.8) is 0 Å². The van der Waals surface area contributed by atoms with Crippen molar-refractivity contribution in [3.8, 4) is 5.75 Å². The summed E-state index contributed by atoms with van der Waals surface area (Å²) in [5, 5.41) is 0. The van der Waals surface area contributed by atoms with E-state index in [0.717, 1.165) is 24.3 Å². The molecule has 0 aliphatic carbocycles. The third-order valence-electron chi connectivity index (χ3n) is 2.83. The van der Waals surface area contributed by atoms with Gasteiger partial charge >= 0.3 is 0 Å². The van der Waals surface area contributed by atoms with Crippen LogP contribution in [0.1, 0.15) is 35.2 Å². The highest BCUT2D eigenvalue weighted by Gasteiger charge is 2.21. The van der Waals surface area contributed by atoms with E-state index in [1.807, 2.05) is 12.1 Å². The molecule has 4 heteroatoms. The third kappa shape index (κ3) is 2.18. The van der Waals surface area contributed by atoms with Crippen LogP contribution in [0.15, 0.2) is 18.2 Å². The van der Waals surface area contributed by atoms with Crippen LogP contribution in [0, 0.1) is 0 Å². The average molecular weight is 259 g/mol. The Morgan fingerprint density at radius 2 is 2.25 bits per heavy atom. The molecule has 2 rings (SSSR count). The Morgan fingerprint density at radius 1 is 1.50 bits per heavy atom. The lowest BCUT2D eigenvalue weighted by Crippen LogP contribution is -2.14. The number of hydrogen-bond acceptors (Lipinski definition) is 2. The maximum Gasteiger partial charge on any atom is 0.195 e. The van der Waals surface area contributed by atoms with Gasteiger partial charge in [0.05, 0.1) is 6.61 Å². The van der Waals surface area contributed by atoms with E-state index in [-0.39, 0.29) is 5.78 Å². The van der Waals surface area contributed by atoms with E-state index in [1.165, 1.54) is 0 Å². The van der Waals surface area contributed by atoms with Gasteiger partial charge in [-0.2, -0.15) is 0 Å². The summed E-state index contributed by atoms with van der Waals surface area (Å²) >= 11 is 11.1. The molecule has 0 saturated carbocycles. The molecule has 2 nitrogen and oxygen atoms in total. The highest BCUT2D eigenvalue weighted by atomic mass is 35.5. The van der Waals surface area contributed by atoms with Crippen molar-refractivity contribution >= 4 is 29.0 Å². The minimum Gasteiger partial charge on any atom is -0.493 e. The lowest BCUT2D eigenvalue weighted by atomic mass is 9.93. The number of halogens is 2. The van der Waals surface area contributed by atoms with Crippen molar-refractivity contribution in [1.29, 1.82) is 0 Å². The van der Waals surface area contributed by atoms with Gasteiger partial charge in [-0.05, 0) is 36.1 Å². The number of benzene rings is 1. The molecular formula is C12H12Cl2O2. The Labute approximate surface area is 104 Å². The van der Waals surface area contributed by atoms with E-state index in [0.29, 0.717) is 11.5 Å². The SMILES string of the molecule is CC1CCOc2ccc(C(=O)C(Cl)Cl)cc21. The second-order valence-electron chi connectivity index (χ2n) is 3.96. The molecule has 0 bridgehead atoms. The number of rotatable bonds is 2. The minimum atomic E-state index is -1.00. The summed E-state index contributed by atoms with van der Waals surface area (Å²) in [5.41, 5.74) is 1.61. The number of carbonyl (C=O) groups is 1. The zero-order valence-electron chi connectivity index (χ0n) is 8.87. The summed E-state index contributed by atoms with van der Waals surface area (Å²) < 4.78 is 5.51. The van der Waals surface area contributed by atoms with Crippen LogP contribution in [0.2, 0.25) is 0 Å². The highest BCUT2D eigenvalue weighted by Crippen LogP contribution is 2.34. The standard InChI is InChI=1S/C12H12Cl2O2/c1-7-4-5-16-10-3-2-8(6-9(7)10)11(15)12(13)14/h2-3,6-7,12H,4-5H2,1H3. The molecular weight excluding hydrogens is 247 g/mol. The van der Waals surface area contributed by atoms with Crippen molar-refractivity contribution in [2.24, 2.45) is 0 Å². The van der Waals surface area contributed by atoms with E-state index in [2.05, 4.69) is 6.92 Å². The first kappa shape index (κ1) is 11.7. The van der Waals surface area contributed by atoms with Crippen LogP contribution in [0.5, 0.6) is 5.75 Å². The van der Waals surface area contributed by atoms with Gasteiger partial charge in [-0.3, -0.25) is 4.79 Å². The molecule has 86 valence electrons. The average Bonchev–Trinajstić information content (AvgIpc) is 2.28. The van der Waals surface area contributed by atoms with Crippen LogP contribution in [-0.4, -0.2) is 17.2 Å². The molecule has 1 aromatic carbocycles. The Kier molecular flexibility index (Phi) is 3.41. The Morgan fingerprint density at radius 3 is 2.94 bits per heavy atom. The first-order valence-corrected chi connectivity index (χ1v) is 6.06. The normalized spacial score (nSPS) is 19.1. The largest absolute Gasteiger partial charge is 0.493 e. The van der Waals surface area contributed by atoms with Crippen molar-refractivity contribution < 1.29 is 9.53 Å². The van der Waals surface area contributed by atoms with Gasteiger partial charge in [0.15, 0.2) is 10.6 Å². The molecule has 1 heterocycles. The minimum absolute atomic E-state index is 0.260. The summed E-state index contributed by atoms with van der Waals surface area (Å²) in [6.45, 7) is 2.85. The topological polar surface area (TPSA) is 26.3 Å². The molecule has 0 spiro atoms. The van der Waals surface area contributed by atoms with E-state index in [4.69, 9.17) is 27.9 Å². The van der Waals surface area contributed by atoms with E-state index in [9.17, 15) is 4.79 Å². The Hall–Kier alpha value is -0.730. The molecule has 0 amide bonds. The van der Waals surface area contributed by atoms with Crippen LogP contribution in [0.25, 0.3) is 0 Å². The highest BCUT2D eigenvalue weighted by molar-refractivity contribution is 6.55. The van der Waals surface area contributed by atoms with Crippen molar-refractivity contribution in [2.75, 3.05) is 6.61 Å². The van der Waals surface area contributed by atoms with Crippen LogP contribution >= 0.6 is 23.2 Å². The Balaban J connectivity index is 2.37. The van der Waals surface area contributed by atoms with Crippen LogP contribution < -0.4 is 4.74 Å². The van der Waals surface area contributed by atoms with Gasteiger partial charge < -0.3 is 4.74 Å².